The number of carbonyl (C=O) groups is 1. The predicted molar refractivity (Wildman–Crippen MR) is 114 cm³/mol. The number of nitro benzene ring substituents is 1. The number of rotatable bonds is 5. The van der Waals surface area contributed by atoms with E-state index in [1.807, 2.05) is 18.2 Å². The number of amides is 1. The van der Waals surface area contributed by atoms with Gasteiger partial charge in [-0.05, 0) is 18.2 Å². The van der Waals surface area contributed by atoms with Crippen molar-refractivity contribution in [3.63, 3.8) is 0 Å². The number of benzene rings is 2. The molecule has 2 aromatic carbocycles. The normalized spacial score (nSPS) is 13.7. The summed E-state index contributed by atoms with van der Waals surface area (Å²) in [5, 5.41) is 13.7. The first kappa shape index (κ1) is 19.3. The van der Waals surface area contributed by atoms with E-state index in [2.05, 4.69) is 37.2 Å². The third-order valence-electron chi connectivity index (χ3n) is 4.93. The van der Waals surface area contributed by atoms with Gasteiger partial charge in [-0.1, -0.05) is 30.3 Å². The maximum absolute atomic E-state index is 12.4. The van der Waals surface area contributed by atoms with E-state index in [1.54, 1.807) is 6.07 Å². The number of hydrogen-bond acceptors (Lipinski definition) is 7. The van der Waals surface area contributed by atoms with Crippen molar-refractivity contribution in [1.82, 2.24) is 9.97 Å². The number of nitro groups is 1. The Hall–Kier alpha value is -4.01. The number of aromatic nitrogens is 2. The molecule has 1 fully saturated rings. The zero-order chi connectivity index (χ0) is 20.9. The molecule has 3 aromatic rings. The molecular weight excluding hydrogens is 384 g/mol. The maximum Gasteiger partial charge on any atom is 0.282 e. The molecule has 1 saturated heterocycles. The minimum absolute atomic E-state index is 0.0105. The van der Waals surface area contributed by atoms with Crippen LogP contribution in [0.2, 0.25) is 0 Å². The van der Waals surface area contributed by atoms with Crippen molar-refractivity contribution in [2.45, 2.75) is 0 Å². The lowest BCUT2D eigenvalue weighted by molar-refractivity contribution is -0.385. The van der Waals surface area contributed by atoms with Crippen LogP contribution in [0.25, 0.3) is 0 Å². The van der Waals surface area contributed by atoms with Crippen molar-refractivity contribution in [2.75, 3.05) is 41.3 Å². The molecule has 1 aliphatic heterocycles. The van der Waals surface area contributed by atoms with Gasteiger partial charge in [0, 0.05) is 37.9 Å². The van der Waals surface area contributed by atoms with E-state index in [4.69, 9.17) is 0 Å². The van der Waals surface area contributed by atoms with Crippen molar-refractivity contribution < 1.29 is 9.72 Å². The van der Waals surface area contributed by atoms with Crippen LogP contribution in [0.1, 0.15) is 10.4 Å². The molecule has 1 aromatic heterocycles. The molecule has 0 aliphatic carbocycles. The third-order valence-corrected chi connectivity index (χ3v) is 4.93. The Labute approximate surface area is 173 Å². The number of anilines is 3. The van der Waals surface area contributed by atoms with Gasteiger partial charge < -0.3 is 15.1 Å². The van der Waals surface area contributed by atoms with Crippen LogP contribution in [0.3, 0.4) is 0 Å². The molecule has 152 valence electrons. The van der Waals surface area contributed by atoms with E-state index < -0.39 is 10.8 Å². The zero-order valence-electron chi connectivity index (χ0n) is 16.1. The van der Waals surface area contributed by atoms with Crippen LogP contribution in [-0.2, 0) is 0 Å². The highest BCUT2D eigenvalue weighted by Gasteiger charge is 2.21. The number of nitrogens with zero attached hydrogens (tertiary/aromatic N) is 5. The fraction of sp³-hybridized carbons (Fsp3) is 0.190. The molecule has 4 rings (SSSR count). The molecule has 0 radical (unpaired) electrons. The van der Waals surface area contributed by atoms with Gasteiger partial charge in [0.25, 0.3) is 11.6 Å². The standard InChI is InChI=1S/C21H20N6O3/c28-20(18-8-4-5-9-19(18)27(29)30)24-16-14-22-21(23-15-16)26-12-10-25(11-13-26)17-6-2-1-3-7-17/h1-9,14-15H,10-13H2,(H,24,28). The van der Waals surface area contributed by atoms with Crippen molar-refractivity contribution in [3.8, 4) is 0 Å². The Morgan fingerprint density at radius 3 is 2.17 bits per heavy atom. The molecule has 9 heteroatoms. The van der Waals surface area contributed by atoms with Crippen molar-refractivity contribution >= 4 is 28.9 Å². The second-order valence-corrected chi connectivity index (χ2v) is 6.81. The zero-order valence-corrected chi connectivity index (χ0v) is 16.1. The SMILES string of the molecule is O=C(Nc1cnc(N2CCN(c3ccccc3)CC2)nc1)c1ccccc1[N+](=O)[O-]. The molecule has 0 saturated carbocycles. The Morgan fingerprint density at radius 1 is 0.900 bits per heavy atom. The molecule has 1 amide bonds. The summed E-state index contributed by atoms with van der Waals surface area (Å²) in [7, 11) is 0. The van der Waals surface area contributed by atoms with E-state index in [0.29, 0.717) is 11.6 Å². The predicted octanol–water partition coefficient (Wildman–Crippen LogP) is 2.96. The first-order chi connectivity index (χ1) is 14.6. The van der Waals surface area contributed by atoms with E-state index in [0.717, 1.165) is 26.2 Å². The highest BCUT2D eigenvalue weighted by molar-refractivity contribution is 6.06. The largest absolute Gasteiger partial charge is 0.368 e. The molecule has 0 spiro atoms. The second kappa shape index (κ2) is 8.56. The summed E-state index contributed by atoms with van der Waals surface area (Å²) in [6.07, 6.45) is 3.02. The summed E-state index contributed by atoms with van der Waals surface area (Å²) in [6, 6.07) is 16.1. The van der Waals surface area contributed by atoms with E-state index in [9.17, 15) is 14.9 Å². The van der Waals surface area contributed by atoms with Crippen LogP contribution >= 0.6 is 0 Å². The van der Waals surface area contributed by atoms with Gasteiger partial charge >= 0.3 is 0 Å². The molecule has 1 N–H and O–H groups in total. The lowest BCUT2D eigenvalue weighted by atomic mass is 10.1. The summed E-state index contributed by atoms with van der Waals surface area (Å²) in [6.45, 7) is 3.31. The summed E-state index contributed by atoms with van der Waals surface area (Å²) >= 11 is 0. The highest BCUT2D eigenvalue weighted by atomic mass is 16.6. The fourth-order valence-electron chi connectivity index (χ4n) is 3.38. The number of carbonyl (C=O) groups excluding carboxylic acids is 1. The summed E-state index contributed by atoms with van der Waals surface area (Å²) in [4.78, 5) is 36.0. The number of nitrogens with one attached hydrogen (secondary N) is 1. The average Bonchev–Trinajstić information content (AvgIpc) is 2.80. The smallest absolute Gasteiger partial charge is 0.282 e. The summed E-state index contributed by atoms with van der Waals surface area (Å²) < 4.78 is 0. The van der Waals surface area contributed by atoms with Crippen LogP contribution < -0.4 is 15.1 Å². The van der Waals surface area contributed by atoms with Gasteiger partial charge in [-0.25, -0.2) is 9.97 Å². The minimum atomic E-state index is -0.580. The van der Waals surface area contributed by atoms with Crippen LogP contribution in [0.5, 0.6) is 0 Å². The second-order valence-electron chi connectivity index (χ2n) is 6.81. The first-order valence-corrected chi connectivity index (χ1v) is 9.53. The van der Waals surface area contributed by atoms with E-state index in [1.165, 1.54) is 36.3 Å². The number of hydrogen-bond donors (Lipinski definition) is 1. The van der Waals surface area contributed by atoms with Gasteiger partial charge in [0.05, 0.1) is 23.0 Å². The van der Waals surface area contributed by atoms with Gasteiger partial charge in [0.1, 0.15) is 5.56 Å². The molecule has 2 heterocycles. The lowest BCUT2D eigenvalue weighted by Crippen LogP contribution is -2.47. The van der Waals surface area contributed by atoms with Crippen LogP contribution in [0.4, 0.5) is 23.0 Å². The molecule has 0 atom stereocenters. The van der Waals surface area contributed by atoms with Crippen molar-refractivity contribution in [1.29, 1.82) is 0 Å². The van der Waals surface area contributed by atoms with E-state index in [-0.39, 0.29) is 11.3 Å². The van der Waals surface area contributed by atoms with Gasteiger partial charge in [0.2, 0.25) is 5.95 Å². The molecule has 30 heavy (non-hydrogen) atoms. The Bertz CT molecular complexity index is 1030. The van der Waals surface area contributed by atoms with Crippen molar-refractivity contribution in [3.05, 3.63) is 82.7 Å². The van der Waals surface area contributed by atoms with E-state index >= 15 is 0 Å². The van der Waals surface area contributed by atoms with Crippen LogP contribution in [-0.4, -0.2) is 47.0 Å². The fourth-order valence-corrected chi connectivity index (χ4v) is 3.38. The minimum Gasteiger partial charge on any atom is -0.368 e. The molecular formula is C21H20N6O3. The molecule has 0 bridgehead atoms. The first-order valence-electron chi connectivity index (χ1n) is 9.53. The maximum atomic E-state index is 12.4. The lowest BCUT2D eigenvalue weighted by Gasteiger charge is -2.36. The highest BCUT2D eigenvalue weighted by Crippen LogP contribution is 2.21. The summed E-state index contributed by atoms with van der Waals surface area (Å²) in [5.41, 5.74) is 1.32. The third kappa shape index (κ3) is 4.19. The van der Waals surface area contributed by atoms with Crippen LogP contribution in [0.15, 0.2) is 67.0 Å². The Balaban J connectivity index is 1.38. The number of para-hydroxylation sites is 2. The topological polar surface area (TPSA) is 104 Å². The van der Waals surface area contributed by atoms with Crippen molar-refractivity contribution in [2.24, 2.45) is 0 Å². The van der Waals surface area contributed by atoms with Gasteiger partial charge in [-0.15, -0.1) is 0 Å². The molecule has 0 unspecified atom stereocenters. The summed E-state index contributed by atoms with van der Waals surface area (Å²) in [5.74, 6) is 0.0153. The quantitative estimate of drug-likeness (QED) is 0.515. The monoisotopic (exact) mass is 404 g/mol. The Kier molecular flexibility index (Phi) is 5.51. The van der Waals surface area contributed by atoms with Gasteiger partial charge in [-0.3, -0.25) is 14.9 Å². The Morgan fingerprint density at radius 2 is 1.50 bits per heavy atom. The average molecular weight is 404 g/mol. The number of piperazine rings is 1. The van der Waals surface area contributed by atoms with Gasteiger partial charge in [0.15, 0.2) is 0 Å². The molecule has 1 aliphatic rings. The molecule has 9 nitrogen and oxygen atoms in total. The van der Waals surface area contributed by atoms with Crippen LogP contribution in [0, 0.1) is 10.1 Å². The van der Waals surface area contributed by atoms with Gasteiger partial charge in [-0.2, -0.15) is 0 Å².